The Hall–Kier alpha value is -1.56. The van der Waals surface area contributed by atoms with Crippen LogP contribution in [-0.2, 0) is 38.6 Å². The number of phosphoric acid groups is 3. The molecule has 0 bridgehead atoms. The molecule has 2 aromatic heterocycles. The summed E-state index contributed by atoms with van der Waals surface area (Å²) in [5.41, 5.74) is 2.73. The van der Waals surface area contributed by atoms with E-state index >= 15 is 0 Å². The van der Waals surface area contributed by atoms with Gasteiger partial charge in [-0.15, -0.1) is 0 Å². The van der Waals surface area contributed by atoms with Gasteiger partial charge in [-0.05, 0) is 6.92 Å². The molecule has 1 aliphatic heterocycles. The molecule has 1 aliphatic rings. The molecule has 6 atom stereocenters. The molecule has 22 heteroatoms. The zero-order valence-electron chi connectivity index (χ0n) is 17.2. The van der Waals surface area contributed by atoms with Gasteiger partial charge in [0.05, 0.1) is 12.9 Å². The minimum Gasteiger partial charge on any atom is -0.387 e. The molecule has 0 aliphatic carbocycles. The van der Waals surface area contributed by atoms with Gasteiger partial charge in [-0.2, -0.15) is 13.6 Å². The first-order chi connectivity index (χ1) is 15.3. The summed E-state index contributed by atoms with van der Waals surface area (Å²) in [4.78, 5) is 55.4. The van der Waals surface area contributed by atoms with Crippen molar-refractivity contribution in [3.8, 4) is 0 Å². The van der Waals surface area contributed by atoms with Crippen molar-refractivity contribution in [2.24, 2.45) is 7.05 Å². The number of aliphatic hydroxyl groups is 2. The number of aryl methyl sites for hydroxylation is 1. The fourth-order valence-electron chi connectivity index (χ4n) is 3.20. The van der Waals surface area contributed by atoms with Crippen molar-refractivity contribution < 1.29 is 61.4 Å². The Labute approximate surface area is 188 Å². The molecule has 0 amide bonds. The summed E-state index contributed by atoms with van der Waals surface area (Å²) >= 11 is 0. The van der Waals surface area contributed by atoms with Crippen molar-refractivity contribution in [2.45, 2.75) is 31.0 Å². The van der Waals surface area contributed by atoms with Crippen molar-refractivity contribution in [1.82, 2.24) is 19.1 Å². The van der Waals surface area contributed by atoms with E-state index in [-0.39, 0.29) is 17.1 Å². The third-order valence-corrected chi connectivity index (χ3v) is 8.48. The van der Waals surface area contributed by atoms with E-state index in [0.29, 0.717) is 0 Å². The molecule has 0 spiro atoms. The number of imidazole rings is 1. The van der Waals surface area contributed by atoms with Gasteiger partial charge in [-0.1, -0.05) is 0 Å². The zero-order valence-corrected chi connectivity index (χ0v) is 19.9. The van der Waals surface area contributed by atoms with Crippen LogP contribution in [0.2, 0.25) is 0 Å². The lowest BCUT2D eigenvalue weighted by molar-refractivity contribution is -0.0950. The Balaban J connectivity index is 1.82. The van der Waals surface area contributed by atoms with E-state index in [0.717, 1.165) is 17.8 Å². The Morgan fingerprint density at radius 3 is 2.41 bits per heavy atom. The van der Waals surface area contributed by atoms with E-state index in [4.69, 9.17) is 20.3 Å². The molecule has 19 nitrogen and oxygen atoms in total. The number of nitrogens with zero attached hydrogens (tertiary/aromatic N) is 4. The van der Waals surface area contributed by atoms with E-state index in [9.17, 15) is 38.5 Å². The van der Waals surface area contributed by atoms with Crippen LogP contribution in [0.4, 0.5) is 5.95 Å². The standard InChI is InChI=1S/C12H20N5O14P3/c1-12(20)7(18)5(3-28-33(24,25)31-34(26,27)30-32(21,22)23)29-10(12)17-4-14-6-8(19)15-11(13)16(2)9(6)17/h4-5,7,10,18,20H,3H2,1-2H3,(H,24,25)(H,26,27)(H2,13,15,19)(H2,21,22,23)/t5-,7?,10-,12?/m1/s1. The molecule has 0 radical (unpaired) electrons. The van der Waals surface area contributed by atoms with E-state index in [2.05, 4.69) is 23.1 Å². The first-order valence-corrected chi connectivity index (χ1v) is 13.4. The second-order valence-electron chi connectivity index (χ2n) is 7.24. The van der Waals surface area contributed by atoms with Crippen molar-refractivity contribution in [3.05, 3.63) is 16.7 Å². The molecule has 192 valence electrons. The number of aliphatic hydroxyl groups excluding tert-OH is 1. The SMILES string of the molecule is Cn1c(N)nc(=O)c2ncn([C@@H]3O[C@H](COP(=O)(O)OP(=O)(O)OP(=O)(O)O)C(O)C3(C)O)c21. The molecule has 34 heavy (non-hydrogen) atoms. The fourth-order valence-corrected chi connectivity index (χ4v) is 6.23. The van der Waals surface area contributed by atoms with Crippen LogP contribution >= 0.6 is 23.5 Å². The third kappa shape index (κ3) is 5.47. The third-order valence-electron chi connectivity index (χ3n) is 4.67. The van der Waals surface area contributed by atoms with Crippen LogP contribution < -0.4 is 11.3 Å². The predicted octanol–water partition coefficient (Wildman–Crippen LogP) is -1.94. The van der Waals surface area contributed by atoms with E-state index in [1.54, 1.807) is 0 Å². The van der Waals surface area contributed by atoms with Crippen LogP contribution in [0.15, 0.2) is 11.1 Å². The Morgan fingerprint density at radius 2 is 1.82 bits per heavy atom. The normalized spacial score (nSPS) is 29.2. The van der Waals surface area contributed by atoms with Gasteiger partial charge in [0.25, 0.3) is 0 Å². The molecule has 0 saturated carbocycles. The number of fused-ring (bicyclic) bond motifs is 1. The molecule has 8 N–H and O–H groups in total. The predicted molar refractivity (Wildman–Crippen MR) is 108 cm³/mol. The summed E-state index contributed by atoms with van der Waals surface area (Å²) in [5, 5.41) is 21.3. The van der Waals surface area contributed by atoms with Gasteiger partial charge in [0.1, 0.15) is 17.8 Å². The van der Waals surface area contributed by atoms with E-state index in [1.165, 1.54) is 11.6 Å². The van der Waals surface area contributed by atoms with Gasteiger partial charge in [0.2, 0.25) is 5.95 Å². The molecule has 0 aromatic carbocycles. The minimum absolute atomic E-state index is 0.0588. The first kappa shape index (κ1) is 27.0. The summed E-state index contributed by atoms with van der Waals surface area (Å²) in [7, 11) is -15.4. The maximum atomic E-state index is 12.1. The highest BCUT2D eigenvalue weighted by atomic mass is 31.3. The summed E-state index contributed by atoms with van der Waals surface area (Å²) in [6.07, 6.45) is -3.70. The monoisotopic (exact) mass is 551 g/mol. The van der Waals surface area contributed by atoms with Crippen LogP contribution in [-0.4, -0.2) is 73.3 Å². The summed E-state index contributed by atoms with van der Waals surface area (Å²) in [6, 6.07) is 0. The summed E-state index contributed by atoms with van der Waals surface area (Å²) in [6.45, 7) is 0.119. The largest absolute Gasteiger partial charge is 0.490 e. The smallest absolute Gasteiger partial charge is 0.387 e. The van der Waals surface area contributed by atoms with Crippen molar-refractivity contribution >= 4 is 40.6 Å². The highest BCUT2D eigenvalue weighted by Crippen LogP contribution is 2.66. The number of phosphoric ester groups is 1. The number of anilines is 1. The van der Waals surface area contributed by atoms with Crippen LogP contribution in [0.3, 0.4) is 0 Å². The summed E-state index contributed by atoms with van der Waals surface area (Å²) < 4.78 is 53.6. The van der Waals surface area contributed by atoms with Crippen molar-refractivity contribution in [2.75, 3.05) is 12.3 Å². The van der Waals surface area contributed by atoms with Gasteiger partial charge in [-0.3, -0.25) is 18.5 Å². The maximum Gasteiger partial charge on any atom is 0.490 e. The molecule has 4 unspecified atom stereocenters. The number of hydrogen-bond donors (Lipinski definition) is 7. The Morgan fingerprint density at radius 1 is 1.21 bits per heavy atom. The second-order valence-corrected chi connectivity index (χ2v) is 11.7. The average molecular weight is 551 g/mol. The first-order valence-electron chi connectivity index (χ1n) is 8.88. The van der Waals surface area contributed by atoms with Crippen LogP contribution in [0, 0.1) is 0 Å². The lowest BCUT2D eigenvalue weighted by atomic mass is 9.96. The highest BCUT2D eigenvalue weighted by Gasteiger charge is 2.54. The molecule has 1 saturated heterocycles. The zero-order chi connectivity index (χ0) is 25.9. The fraction of sp³-hybridized carbons (Fsp3) is 0.583. The Bertz CT molecular complexity index is 1300. The quantitative estimate of drug-likeness (QED) is 0.176. The molecular weight excluding hydrogens is 531 g/mol. The topological polar surface area (TPSA) is 288 Å². The van der Waals surface area contributed by atoms with Crippen LogP contribution in [0.25, 0.3) is 11.2 Å². The average Bonchev–Trinajstić information content (AvgIpc) is 3.16. The summed E-state index contributed by atoms with van der Waals surface area (Å²) in [5.74, 6) is -0.193. The van der Waals surface area contributed by atoms with Crippen LogP contribution in [0.1, 0.15) is 13.2 Å². The number of nitrogen functional groups attached to an aromatic ring is 1. The molecule has 3 heterocycles. The van der Waals surface area contributed by atoms with Gasteiger partial charge < -0.3 is 40.3 Å². The molecule has 3 rings (SSSR count). The molecule has 2 aromatic rings. The van der Waals surface area contributed by atoms with Crippen molar-refractivity contribution in [1.29, 1.82) is 0 Å². The molecule has 1 fully saturated rings. The Kier molecular flexibility index (Phi) is 7.02. The minimum atomic E-state index is -5.75. The van der Waals surface area contributed by atoms with Crippen LogP contribution in [0.5, 0.6) is 0 Å². The van der Waals surface area contributed by atoms with Gasteiger partial charge in [0.15, 0.2) is 17.4 Å². The maximum absolute atomic E-state index is 12.1. The van der Waals surface area contributed by atoms with Crippen molar-refractivity contribution in [3.63, 3.8) is 0 Å². The number of rotatable bonds is 8. The van der Waals surface area contributed by atoms with E-state index < -0.39 is 59.7 Å². The number of aromatic nitrogens is 4. The van der Waals surface area contributed by atoms with Gasteiger partial charge in [0, 0.05) is 7.05 Å². The second kappa shape index (κ2) is 8.83. The lowest BCUT2D eigenvalue weighted by Crippen LogP contribution is -2.44. The number of ether oxygens (including phenoxy) is 1. The van der Waals surface area contributed by atoms with E-state index in [1.807, 2.05) is 0 Å². The number of nitrogens with two attached hydrogens (primary N) is 1. The van der Waals surface area contributed by atoms with Gasteiger partial charge >= 0.3 is 29.0 Å². The highest BCUT2D eigenvalue weighted by molar-refractivity contribution is 7.66. The van der Waals surface area contributed by atoms with Gasteiger partial charge in [-0.25, -0.2) is 18.7 Å². The lowest BCUT2D eigenvalue weighted by Gasteiger charge is -2.27. The molecular formula is C12H20N5O14P3. The number of hydrogen-bond acceptors (Lipinski definition) is 13.